The fraction of sp³-hybridized carbons (Fsp3) is 0.905. The van der Waals surface area contributed by atoms with Crippen LogP contribution in [0.2, 0.25) is 0 Å². The third-order valence-corrected chi connectivity index (χ3v) is 6.25. The van der Waals surface area contributed by atoms with Gasteiger partial charge < -0.3 is 19.2 Å². The van der Waals surface area contributed by atoms with Crippen molar-refractivity contribution in [1.29, 1.82) is 0 Å². The molecule has 6 heteroatoms. The van der Waals surface area contributed by atoms with Gasteiger partial charge in [-0.3, -0.25) is 4.57 Å². The highest BCUT2D eigenvalue weighted by molar-refractivity contribution is 7.52. The molecule has 0 aromatic heterocycles. The summed E-state index contributed by atoms with van der Waals surface area (Å²) in [5, 5.41) is 0. The van der Waals surface area contributed by atoms with E-state index in [2.05, 4.69) is 40.6 Å². The largest absolute Gasteiger partial charge is 0.359 e. The molecule has 0 amide bonds. The van der Waals surface area contributed by atoms with Gasteiger partial charge in [-0.25, -0.2) is 0 Å². The molecule has 1 unspecified atom stereocenters. The fourth-order valence-corrected chi connectivity index (χ4v) is 3.55. The van der Waals surface area contributed by atoms with E-state index < -0.39 is 7.60 Å². The Hall–Kier alpha value is -0.510. The minimum absolute atomic E-state index is 0.195. The van der Waals surface area contributed by atoms with Crippen LogP contribution in [0.15, 0.2) is 12.4 Å². The van der Waals surface area contributed by atoms with Crippen LogP contribution >= 0.6 is 7.60 Å². The predicted molar refractivity (Wildman–Crippen MR) is 117 cm³/mol. The van der Waals surface area contributed by atoms with E-state index in [-0.39, 0.29) is 6.16 Å². The van der Waals surface area contributed by atoms with Crippen molar-refractivity contribution in [2.75, 3.05) is 32.5 Å². The summed E-state index contributed by atoms with van der Waals surface area (Å²) in [5.74, 6) is 0. The topological polar surface area (TPSA) is 53.0 Å². The Kier molecular flexibility index (Phi) is 17.2. The Balaban J connectivity index is 0.000000713. The first-order valence-electron chi connectivity index (χ1n) is 11.1. The van der Waals surface area contributed by atoms with Gasteiger partial charge in [0.2, 0.25) is 0 Å². The smallest absolute Gasteiger partial charge is 0.327 e. The molecule has 27 heavy (non-hydrogen) atoms. The van der Waals surface area contributed by atoms with Gasteiger partial charge in [-0.15, -0.1) is 0 Å². The van der Waals surface area contributed by atoms with Gasteiger partial charge in [0.15, 0.2) is 0 Å². The van der Waals surface area contributed by atoms with Crippen LogP contribution in [0.1, 0.15) is 91.9 Å². The molecule has 1 N–H and O–H groups in total. The van der Waals surface area contributed by atoms with Crippen LogP contribution in [0.4, 0.5) is 0 Å². The summed E-state index contributed by atoms with van der Waals surface area (Å²) in [6.45, 7) is 11.6. The summed E-state index contributed by atoms with van der Waals surface area (Å²) in [6, 6.07) is 0. The lowest BCUT2D eigenvalue weighted by molar-refractivity contribution is 0.268. The molecule has 0 saturated carbocycles. The van der Waals surface area contributed by atoms with Gasteiger partial charge in [0.25, 0.3) is 0 Å². The average Bonchev–Trinajstić information content (AvgIpc) is 3.12. The van der Waals surface area contributed by atoms with Gasteiger partial charge >= 0.3 is 7.60 Å². The predicted octanol–water partition coefficient (Wildman–Crippen LogP) is 6.20. The van der Waals surface area contributed by atoms with Gasteiger partial charge in [0.05, 0.1) is 13.3 Å². The molecule has 0 radical (unpaired) electrons. The summed E-state index contributed by atoms with van der Waals surface area (Å²) in [4.78, 5) is 13.5. The highest BCUT2D eigenvalue weighted by atomic mass is 31.2. The second-order valence-electron chi connectivity index (χ2n) is 7.21. The minimum Gasteiger partial charge on any atom is -0.359 e. The second kappa shape index (κ2) is 17.6. The van der Waals surface area contributed by atoms with Gasteiger partial charge in [-0.2, -0.15) is 0 Å². The lowest BCUT2D eigenvalue weighted by atomic mass is 10.1. The monoisotopic (exact) mass is 404 g/mol. The molecule has 0 aromatic carbocycles. The molecule has 162 valence electrons. The van der Waals surface area contributed by atoms with Crippen molar-refractivity contribution in [3.63, 3.8) is 0 Å². The SMILES string of the molecule is CCCCCCCCCCCCN1C=CN(CC)C1.CCOP(=O)(O)CC. The van der Waals surface area contributed by atoms with E-state index in [1.54, 1.807) is 13.8 Å². The number of rotatable bonds is 15. The molecule has 1 aliphatic heterocycles. The number of nitrogens with zero attached hydrogens (tertiary/aromatic N) is 2. The summed E-state index contributed by atoms with van der Waals surface area (Å²) in [5.41, 5.74) is 0. The lowest BCUT2D eigenvalue weighted by Crippen LogP contribution is -2.25. The van der Waals surface area contributed by atoms with E-state index in [9.17, 15) is 4.57 Å². The Morgan fingerprint density at radius 1 is 0.852 bits per heavy atom. The lowest BCUT2D eigenvalue weighted by Gasteiger charge is -2.19. The van der Waals surface area contributed by atoms with Crippen LogP contribution in [0.5, 0.6) is 0 Å². The van der Waals surface area contributed by atoms with Crippen molar-refractivity contribution in [3.8, 4) is 0 Å². The molecule has 0 aromatic rings. The molecular weight excluding hydrogens is 359 g/mol. The summed E-state index contributed by atoms with van der Waals surface area (Å²) in [6.07, 6.45) is 18.9. The first kappa shape index (κ1) is 26.5. The third kappa shape index (κ3) is 16.2. The number of hydrogen-bond acceptors (Lipinski definition) is 4. The first-order chi connectivity index (χ1) is 13.0. The molecule has 0 bridgehead atoms. The van der Waals surface area contributed by atoms with E-state index >= 15 is 0 Å². The molecule has 0 aliphatic carbocycles. The Labute approximate surface area is 168 Å². The molecule has 5 nitrogen and oxygen atoms in total. The Bertz CT molecular complexity index is 405. The maximum absolute atomic E-state index is 10.5. The Morgan fingerprint density at radius 2 is 1.37 bits per heavy atom. The zero-order chi connectivity index (χ0) is 20.4. The maximum atomic E-state index is 10.5. The number of unbranched alkanes of at least 4 members (excludes halogenated alkanes) is 9. The zero-order valence-corrected chi connectivity index (χ0v) is 19.3. The fourth-order valence-electron chi connectivity index (χ4n) is 2.96. The van der Waals surface area contributed by atoms with Crippen molar-refractivity contribution in [3.05, 3.63) is 12.4 Å². The summed E-state index contributed by atoms with van der Waals surface area (Å²) < 4.78 is 15.0. The van der Waals surface area contributed by atoms with Crippen molar-refractivity contribution in [2.45, 2.75) is 91.9 Å². The molecule has 1 heterocycles. The molecule has 0 fully saturated rings. The van der Waals surface area contributed by atoms with Crippen molar-refractivity contribution in [1.82, 2.24) is 9.80 Å². The number of hydrogen-bond donors (Lipinski definition) is 1. The van der Waals surface area contributed by atoms with E-state index in [4.69, 9.17) is 4.89 Å². The second-order valence-corrected chi connectivity index (χ2v) is 9.38. The molecule has 0 saturated heterocycles. The van der Waals surface area contributed by atoms with E-state index in [1.807, 2.05) is 0 Å². The Morgan fingerprint density at radius 3 is 1.78 bits per heavy atom. The highest BCUT2D eigenvalue weighted by Gasteiger charge is 2.13. The van der Waals surface area contributed by atoms with Crippen LogP contribution in [-0.4, -0.2) is 47.2 Å². The quantitative estimate of drug-likeness (QED) is 0.260. The van der Waals surface area contributed by atoms with Crippen LogP contribution in [0.25, 0.3) is 0 Å². The van der Waals surface area contributed by atoms with Crippen molar-refractivity contribution in [2.24, 2.45) is 0 Å². The van der Waals surface area contributed by atoms with E-state index in [0.29, 0.717) is 6.61 Å². The van der Waals surface area contributed by atoms with Gasteiger partial charge in [0.1, 0.15) is 0 Å². The molecule has 1 rings (SSSR count). The van der Waals surface area contributed by atoms with Gasteiger partial charge in [0, 0.05) is 31.7 Å². The third-order valence-electron chi connectivity index (χ3n) is 4.79. The average molecular weight is 405 g/mol. The highest BCUT2D eigenvalue weighted by Crippen LogP contribution is 2.40. The minimum atomic E-state index is -3.17. The summed E-state index contributed by atoms with van der Waals surface area (Å²) in [7, 11) is -3.17. The standard InChI is InChI=1S/C17H34N2.C4H11O3P/c1-3-5-6-7-8-9-10-11-12-13-14-19-16-15-18(4-2)17-19;1-3-7-8(5,6)4-2/h15-16H,3-14,17H2,1-2H3;3-4H2,1-2H3,(H,5,6). The normalized spacial score (nSPS) is 15.6. The van der Waals surface area contributed by atoms with Crippen LogP contribution in [0.3, 0.4) is 0 Å². The zero-order valence-electron chi connectivity index (χ0n) is 18.4. The molecular formula is C21H45N2O3P. The summed E-state index contributed by atoms with van der Waals surface area (Å²) >= 11 is 0. The van der Waals surface area contributed by atoms with Crippen molar-refractivity contribution >= 4 is 7.60 Å². The molecule has 0 spiro atoms. The molecule has 1 aliphatic rings. The van der Waals surface area contributed by atoms with Crippen LogP contribution in [0, 0.1) is 0 Å². The van der Waals surface area contributed by atoms with Gasteiger partial charge in [-0.1, -0.05) is 71.6 Å². The first-order valence-corrected chi connectivity index (χ1v) is 12.9. The van der Waals surface area contributed by atoms with Crippen LogP contribution < -0.4 is 0 Å². The van der Waals surface area contributed by atoms with Crippen LogP contribution in [-0.2, 0) is 9.09 Å². The van der Waals surface area contributed by atoms with Gasteiger partial charge in [-0.05, 0) is 20.3 Å². The van der Waals surface area contributed by atoms with E-state index in [0.717, 1.165) is 13.2 Å². The molecule has 1 atom stereocenters. The van der Waals surface area contributed by atoms with Crippen molar-refractivity contribution < 1.29 is 14.0 Å². The van der Waals surface area contributed by atoms with E-state index in [1.165, 1.54) is 70.8 Å². The maximum Gasteiger partial charge on any atom is 0.327 e.